The smallest absolute Gasteiger partial charge is 0.278 e. The van der Waals surface area contributed by atoms with Crippen molar-refractivity contribution in [2.24, 2.45) is 0 Å². The minimum absolute atomic E-state index is 0. The molecule has 3 rings (SSSR count). The number of hydrogen-bond acceptors (Lipinski definition) is 5. The number of nitrogens with one attached hydrogen (secondary N) is 3. The normalized spacial score (nSPS) is 14.2. The van der Waals surface area contributed by atoms with Crippen LogP contribution in [0.2, 0.25) is 0 Å². The lowest BCUT2D eigenvalue weighted by molar-refractivity contribution is 0.0952. The Hall–Kier alpha value is -2.45. The van der Waals surface area contributed by atoms with Crippen LogP contribution in [-0.4, -0.2) is 46.4 Å². The highest BCUT2D eigenvalue weighted by Gasteiger charge is 2.23. The Morgan fingerprint density at radius 2 is 2.00 bits per heavy atom. The van der Waals surface area contributed by atoms with Crippen LogP contribution in [0.5, 0.6) is 0 Å². The molecule has 0 saturated carbocycles. The molecule has 9 heteroatoms. The van der Waals surface area contributed by atoms with Crippen LogP contribution in [0, 0.1) is 6.92 Å². The molecular weight excluding hydrogens is 380 g/mol. The van der Waals surface area contributed by atoms with Gasteiger partial charge in [-0.2, -0.15) is 0 Å². The number of anilines is 1. The van der Waals surface area contributed by atoms with E-state index in [0.29, 0.717) is 23.5 Å². The van der Waals surface area contributed by atoms with Gasteiger partial charge in [-0.25, -0.2) is 4.68 Å². The number of amides is 2. The van der Waals surface area contributed by atoms with Crippen LogP contribution >= 0.6 is 12.4 Å². The minimum atomic E-state index is -0.321. The van der Waals surface area contributed by atoms with Crippen LogP contribution in [-0.2, 0) is 0 Å². The molecule has 1 fully saturated rings. The van der Waals surface area contributed by atoms with Crippen molar-refractivity contribution in [3.05, 3.63) is 41.2 Å². The second-order valence-electron chi connectivity index (χ2n) is 6.74. The Kier molecular flexibility index (Phi) is 7.95. The number of carbonyl (C=O) groups is 2. The van der Waals surface area contributed by atoms with Gasteiger partial charge in [0.25, 0.3) is 11.8 Å². The largest absolute Gasteiger partial charge is 0.352 e. The highest BCUT2D eigenvalue weighted by atomic mass is 35.5. The van der Waals surface area contributed by atoms with Gasteiger partial charge in [-0.1, -0.05) is 18.2 Å². The first kappa shape index (κ1) is 21.8. The zero-order valence-corrected chi connectivity index (χ0v) is 17.0. The average molecular weight is 407 g/mol. The first-order valence-electron chi connectivity index (χ1n) is 9.42. The first-order chi connectivity index (χ1) is 13.1. The molecular formula is C19H27ClN6O2. The third-order valence-corrected chi connectivity index (χ3v) is 4.72. The van der Waals surface area contributed by atoms with Crippen molar-refractivity contribution in [1.82, 2.24) is 25.6 Å². The van der Waals surface area contributed by atoms with Gasteiger partial charge in [0, 0.05) is 17.8 Å². The molecule has 0 aliphatic carbocycles. The van der Waals surface area contributed by atoms with Gasteiger partial charge in [-0.3, -0.25) is 9.59 Å². The van der Waals surface area contributed by atoms with E-state index in [-0.39, 0.29) is 30.3 Å². The third kappa shape index (κ3) is 5.08. The van der Waals surface area contributed by atoms with Crippen molar-refractivity contribution < 1.29 is 9.59 Å². The van der Waals surface area contributed by atoms with Crippen LogP contribution in [0.3, 0.4) is 0 Å². The number of benzene rings is 1. The van der Waals surface area contributed by atoms with E-state index >= 15 is 0 Å². The zero-order chi connectivity index (χ0) is 19.2. The van der Waals surface area contributed by atoms with Crippen molar-refractivity contribution in [3.8, 4) is 0 Å². The van der Waals surface area contributed by atoms with Crippen molar-refractivity contribution in [2.75, 3.05) is 25.0 Å². The van der Waals surface area contributed by atoms with Gasteiger partial charge in [0.15, 0.2) is 5.69 Å². The van der Waals surface area contributed by atoms with Crippen LogP contribution in [0.1, 0.15) is 58.8 Å². The summed E-state index contributed by atoms with van der Waals surface area (Å²) >= 11 is 0. The molecule has 1 aromatic heterocycles. The summed E-state index contributed by atoms with van der Waals surface area (Å²) in [4.78, 5) is 24.7. The Balaban J connectivity index is 0.00000280. The number of nitrogens with zero attached hydrogens (tertiary/aromatic N) is 3. The highest BCUT2D eigenvalue weighted by Crippen LogP contribution is 2.21. The lowest BCUT2D eigenvalue weighted by Gasteiger charge is -2.23. The van der Waals surface area contributed by atoms with E-state index in [0.717, 1.165) is 38.0 Å². The molecule has 3 N–H and O–H groups in total. The fourth-order valence-electron chi connectivity index (χ4n) is 3.22. The Bertz CT molecular complexity index is 817. The summed E-state index contributed by atoms with van der Waals surface area (Å²) in [5.41, 5.74) is 2.14. The van der Waals surface area contributed by atoms with E-state index in [9.17, 15) is 9.59 Å². The Morgan fingerprint density at radius 3 is 2.71 bits per heavy atom. The van der Waals surface area contributed by atoms with Crippen molar-refractivity contribution in [3.63, 3.8) is 0 Å². The molecule has 1 saturated heterocycles. The van der Waals surface area contributed by atoms with E-state index in [1.807, 2.05) is 18.5 Å². The molecule has 0 radical (unpaired) electrons. The minimum Gasteiger partial charge on any atom is -0.352 e. The lowest BCUT2D eigenvalue weighted by atomic mass is 10.1. The summed E-state index contributed by atoms with van der Waals surface area (Å²) in [6.45, 7) is 6.37. The first-order valence-corrected chi connectivity index (χ1v) is 9.42. The Morgan fingerprint density at radius 1 is 1.25 bits per heavy atom. The topological polar surface area (TPSA) is 101 Å². The molecule has 2 amide bonds. The van der Waals surface area contributed by atoms with E-state index in [1.165, 1.54) is 0 Å². The summed E-state index contributed by atoms with van der Waals surface area (Å²) in [5, 5.41) is 17.2. The zero-order valence-electron chi connectivity index (χ0n) is 16.2. The quantitative estimate of drug-likeness (QED) is 0.683. The van der Waals surface area contributed by atoms with Gasteiger partial charge in [-0.05, 0) is 57.5 Å². The number of piperidine rings is 1. The Labute approximate surface area is 170 Å². The van der Waals surface area contributed by atoms with Gasteiger partial charge < -0.3 is 16.0 Å². The van der Waals surface area contributed by atoms with Crippen molar-refractivity contribution >= 4 is 29.9 Å². The van der Waals surface area contributed by atoms with Gasteiger partial charge in [0.2, 0.25) is 0 Å². The van der Waals surface area contributed by atoms with Gasteiger partial charge in [0.05, 0.1) is 11.7 Å². The molecule has 0 bridgehead atoms. The number of carbonyl (C=O) groups excluding carboxylic acids is 2. The molecule has 8 nitrogen and oxygen atoms in total. The molecule has 152 valence electrons. The molecule has 1 aliphatic rings. The monoisotopic (exact) mass is 406 g/mol. The number of halogens is 1. The average Bonchev–Trinajstić information content (AvgIpc) is 3.08. The molecule has 2 aromatic rings. The molecule has 1 aliphatic heterocycles. The predicted octanol–water partition coefficient (Wildman–Crippen LogP) is 2.32. The molecule has 0 spiro atoms. The summed E-state index contributed by atoms with van der Waals surface area (Å²) < 4.78 is 1.85. The number of aromatic nitrogens is 3. The predicted molar refractivity (Wildman–Crippen MR) is 110 cm³/mol. The van der Waals surface area contributed by atoms with Crippen LogP contribution in [0.15, 0.2) is 24.3 Å². The number of rotatable bonds is 6. The van der Waals surface area contributed by atoms with Gasteiger partial charge in [0.1, 0.15) is 0 Å². The fraction of sp³-hybridized carbons (Fsp3) is 0.474. The number of hydrogen-bond donors (Lipinski definition) is 3. The maximum atomic E-state index is 12.6. The van der Waals surface area contributed by atoms with E-state index in [1.54, 1.807) is 24.3 Å². The van der Waals surface area contributed by atoms with E-state index in [4.69, 9.17) is 0 Å². The van der Waals surface area contributed by atoms with E-state index in [2.05, 4.69) is 26.3 Å². The highest BCUT2D eigenvalue weighted by molar-refractivity contribution is 6.04. The summed E-state index contributed by atoms with van der Waals surface area (Å²) in [6, 6.07) is 7.15. The third-order valence-electron chi connectivity index (χ3n) is 4.72. The van der Waals surface area contributed by atoms with Crippen molar-refractivity contribution in [1.29, 1.82) is 0 Å². The SMILES string of the molecule is CCCNC(=O)c1cccc(NC(=O)c2nnn(C3CCNCC3)c2C)c1.Cl. The second-order valence-corrected chi connectivity index (χ2v) is 6.74. The van der Waals surface area contributed by atoms with Gasteiger partial charge >= 0.3 is 0 Å². The van der Waals surface area contributed by atoms with Gasteiger partial charge in [-0.15, -0.1) is 17.5 Å². The van der Waals surface area contributed by atoms with Crippen LogP contribution in [0.4, 0.5) is 5.69 Å². The lowest BCUT2D eigenvalue weighted by Crippen LogP contribution is -2.30. The van der Waals surface area contributed by atoms with E-state index < -0.39 is 0 Å². The molecule has 0 atom stereocenters. The summed E-state index contributed by atoms with van der Waals surface area (Å²) in [7, 11) is 0. The van der Waals surface area contributed by atoms with Crippen LogP contribution in [0.25, 0.3) is 0 Å². The molecule has 1 aromatic carbocycles. The molecule has 28 heavy (non-hydrogen) atoms. The summed E-state index contributed by atoms with van der Waals surface area (Å²) in [6.07, 6.45) is 2.81. The van der Waals surface area contributed by atoms with Crippen LogP contribution < -0.4 is 16.0 Å². The fourth-order valence-corrected chi connectivity index (χ4v) is 3.22. The second kappa shape index (κ2) is 10.2. The standard InChI is InChI=1S/C19H26N6O2.ClH/c1-3-9-21-18(26)14-5-4-6-15(12-14)22-19(27)17-13(2)25(24-23-17)16-7-10-20-11-8-16;/h4-6,12,16,20H,3,7-11H2,1-2H3,(H,21,26)(H,22,27);1H. The molecule has 2 heterocycles. The summed E-state index contributed by atoms with van der Waals surface area (Å²) in [5.74, 6) is -0.472. The molecule has 0 unspecified atom stereocenters. The maximum absolute atomic E-state index is 12.6. The maximum Gasteiger partial charge on any atom is 0.278 e. The van der Waals surface area contributed by atoms with Crippen molar-refractivity contribution in [2.45, 2.75) is 39.2 Å².